The molecule has 1 rings (SSSR count). The SMILES string of the molecule is CC(C)C1=CCN(C)C(C)CC1. The van der Waals surface area contributed by atoms with Crippen LogP contribution in [0.5, 0.6) is 0 Å². The lowest BCUT2D eigenvalue weighted by molar-refractivity contribution is 0.278. The molecule has 12 heavy (non-hydrogen) atoms. The predicted octanol–water partition coefficient (Wildman–Crippen LogP) is 2.68. The molecule has 1 unspecified atom stereocenters. The van der Waals surface area contributed by atoms with Crippen molar-refractivity contribution in [2.45, 2.75) is 39.7 Å². The first-order valence-electron chi connectivity index (χ1n) is 5.00. The van der Waals surface area contributed by atoms with Gasteiger partial charge in [-0.15, -0.1) is 0 Å². The van der Waals surface area contributed by atoms with Crippen LogP contribution in [0.3, 0.4) is 0 Å². The maximum Gasteiger partial charge on any atom is 0.0165 e. The van der Waals surface area contributed by atoms with E-state index in [1.807, 2.05) is 0 Å². The molecule has 0 aromatic carbocycles. The molecule has 1 atom stereocenters. The Morgan fingerprint density at radius 3 is 2.75 bits per heavy atom. The fraction of sp³-hybridized carbons (Fsp3) is 0.818. The zero-order valence-electron chi connectivity index (χ0n) is 8.80. The van der Waals surface area contributed by atoms with Gasteiger partial charge in [0.05, 0.1) is 0 Å². The minimum absolute atomic E-state index is 0.740. The summed E-state index contributed by atoms with van der Waals surface area (Å²) in [7, 11) is 2.21. The van der Waals surface area contributed by atoms with E-state index >= 15 is 0 Å². The number of hydrogen-bond donors (Lipinski definition) is 0. The maximum absolute atomic E-state index is 2.43. The Morgan fingerprint density at radius 1 is 1.50 bits per heavy atom. The van der Waals surface area contributed by atoms with Gasteiger partial charge in [-0.3, -0.25) is 0 Å². The average molecular weight is 167 g/mol. The second-order valence-corrected chi connectivity index (χ2v) is 4.26. The Morgan fingerprint density at radius 2 is 2.17 bits per heavy atom. The van der Waals surface area contributed by atoms with Gasteiger partial charge in [0.1, 0.15) is 0 Å². The van der Waals surface area contributed by atoms with Crippen LogP contribution in [0.25, 0.3) is 0 Å². The van der Waals surface area contributed by atoms with Crippen LogP contribution in [0.1, 0.15) is 33.6 Å². The van der Waals surface area contributed by atoms with Gasteiger partial charge in [-0.2, -0.15) is 0 Å². The van der Waals surface area contributed by atoms with Gasteiger partial charge in [0.15, 0.2) is 0 Å². The standard InChI is InChI=1S/C11H21N/c1-9(2)11-6-5-10(3)12(4)8-7-11/h7,9-10H,5-6,8H2,1-4H3. The number of likely N-dealkylation sites (N-methyl/N-ethyl adjacent to an activating group) is 1. The highest BCUT2D eigenvalue weighted by atomic mass is 15.1. The Kier molecular flexibility index (Phi) is 3.33. The van der Waals surface area contributed by atoms with Crippen molar-refractivity contribution in [3.8, 4) is 0 Å². The Bertz CT molecular complexity index is 170. The summed E-state index contributed by atoms with van der Waals surface area (Å²) in [6.45, 7) is 8.04. The summed E-state index contributed by atoms with van der Waals surface area (Å²) in [5.74, 6) is 0.740. The number of allylic oxidation sites excluding steroid dienone is 1. The smallest absolute Gasteiger partial charge is 0.0165 e. The van der Waals surface area contributed by atoms with E-state index in [4.69, 9.17) is 0 Å². The minimum atomic E-state index is 0.740. The largest absolute Gasteiger partial charge is 0.300 e. The van der Waals surface area contributed by atoms with Crippen molar-refractivity contribution in [3.05, 3.63) is 11.6 Å². The fourth-order valence-corrected chi connectivity index (χ4v) is 1.66. The van der Waals surface area contributed by atoms with E-state index < -0.39 is 0 Å². The molecular weight excluding hydrogens is 146 g/mol. The van der Waals surface area contributed by atoms with E-state index in [0.29, 0.717) is 0 Å². The van der Waals surface area contributed by atoms with Crippen molar-refractivity contribution < 1.29 is 0 Å². The Labute approximate surface area is 76.5 Å². The Balaban J connectivity index is 2.58. The van der Waals surface area contributed by atoms with Crippen LogP contribution in [-0.4, -0.2) is 24.5 Å². The van der Waals surface area contributed by atoms with Crippen molar-refractivity contribution in [2.24, 2.45) is 5.92 Å². The first-order valence-corrected chi connectivity index (χ1v) is 5.00. The number of nitrogens with zero attached hydrogens (tertiary/aromatic N) is 1. The summed E-state index contributed by atoms with van der Waals surface area (Å²) < 4.78 is 0. The highest BCUT2D eigenvalue weighted by molar-refractivity contribution is 5.08. The summed E-state index contributed by atoms with van der Waals surface area (Å²) in [5.41, 5.74) is 1.64. The molecule has 1 heteroatoms. The van der Waals surface area contributed by atoms with Crippen molar-refractivity contribution in [2.75, 3.05) is 13.6 Å². The molecule has 0 amide bonds. The highest BCUT2D eigenvalue weighted by Crippen LogP contribution is 2.21. The second kappa shape index (κ2) is 4.08. The summed E-state index contributed by atoms with van der Waals surface area (Å²) in [5, 5.41) is 0. The van der Waals surface area contributed by atoms with E-state index in [9.17, 15) is 0 Å². The average Bonchev–Trinajstić information content (AvgIpc) is 2.16. The molecule has 0 fully saturated rings. The van der Waals surface area contributed by atoms with Crippen LogP contribution in [0.2, 0.25) is 0 Å². The van der Waals surface area contributed by atoms with E-state index in [1.54, 1.807) is 5.57 Å². The van der Waals surface area contributed by atoms with Gasteiger partial charge < -0.3 is 4.90 Å². The molecule has 0 spiro atoms. The van der Waals surface area contributed by atoms with Gasteiger partial charge in [0.25, 0.3) is 0 Å². The van der Waals surface area contributed by atoms with Gasteiger partial charge in [-0.05, 0) is 32.7 Å². The van der Waals surface area contributed by atoms with Crippen LogP contribution in [0.4, 0.5) is 0 Å². The van der Waals surface area contributed by atoms with Gasteiger partial charge in [0.2, 0.25) is 0 Å². The lowest BCUT2D eigenvalue weighted by atomic mass is 9.97. The van der Waals surface area contributed by atoms with E-state index in [2.05, 4.69) is 38.8 Å². The van der Waals surface area contributed by atoms with Crippen molar-refractivity contribution in [1.29, 1.82) is 0 Å². The lowest BCUT2D eigenvalue weighted by Gasteiger charge is -2.20. The quantitative estimate of drug-likeness (QED) is 0.543. The molecule has 1 heterocycles. The normalized spacial score (nSPS) is 27.1. The molecule has 70 valence electrons. The molecule has 0 N–H and O–H groups in total. The zero-order chi connectivity index (χ0) is 9.14. The molecule has 0 saturated carbocycles. The maximum atomic E-state index is 2.43. The van der Waals surface area contributed by atoms with Crippen LogP contribution >= 0.6 is 0 Å². The molecule has 0 aromatic rings. The molecule has 0 radical (unpaired) electrons. The topological polar surface area (TPSA) is 3.24 Å². The molecule has 0 bridgehead atoms. The Hall–Kier alpha value is -0.300. The zero-order valence-corrected chi connectivity index (χ0v) is 8.80. The summed E-state index contributed by atoms with van der Waals surface area (Å²) >= 11 is 0. The third kappa shape index (κ3) is 2.34. The molecule has 1 nitrogen and oxygen atoms in total. The van der Waals surface area contributed by atoms with Gasteiger partial charge >= 0.3 is 0 Å². The first-order chi connectivity index (χ1) is 5.61. The highest BCUT2D eigenvalue weighted by Gasteiger charge is 2.14. The van der Waals surface area contributed by atoms with Gasteiger partial charge in [-0.25, -0.2) is 0 Å². The van der Waals surface area contributed by atoms with Crippen molar-refractivity contribution >= 4 is 0 Å². The van der Waals surface area contributed by atoms with E-state index in [0.717, 1.165) is 18.5 Å². The first kappa shape index (κ1) is 9.79. The minimum Gasteiger partial charge on any atom is -0.300 e. The third-order valence-corrected chi connectivity index (χ3v) is 2.99. The monoisotopic (exact) mass is 167 g/mol. The van der Waals surface area contributed by atoms with Crippen LogP contribution < -0.4 is 0 Å². The van der Waals surface area contributed by atoms with Crippen LogP contribution in [-0.2, 0) is 0 Å². The van der Waals surface area contributed by atoms with Crippen LogP contribution in [0.15, 0.2) is 11.6 Å². The van der Waals surface area contributed by atoms with E-state index in [-0.39, 0.29) is 0 Å². The molecular formula is C11H21N. The van der Waals surface area contributed by atoms with Gasteiger partial charge in [0, 0.05) is 12.6 Å². The fourth-order valence-electron chi connectivity index (χ4n) is 1.66. The lowest BCUT2D eigenvalue weighted by Crippen LogP contribution is -2.27. The number of hydrogen-bond acceptors (Lipinski definition) is 1. The molecule has 0 aromatic heterocycles. The summed E-state index contributed by atoms with van der Waals surface area (Å²) in [6.07, 6.45) is 5.03. The van der Waals surface area contributed by atoms with E-state index in [1.165, 1.54) is 12.8 Å². The van der Waals surface area contributed by atoms with Gasteiger partial charge in [-0.1, -0.05) is 25.5 Å². The van der Waals surface area contributed by atoms with Crippen LogP contribution in [0, 0.1) is 5.92 Å². The summed E-state index contributed by atoms with van der Waals surface area (Å²) in [6, 6.07) is 0.748. The molecule has 0 aliphatic carbocycles. The number of rotatable bonds is 1. The molecule has 1 aliphatic rings. The summed E-state index contributed by atoms with van der Waals surface area (Å²) in [4.78, 5) is 2.43. The third-order valence-electron chi connectivity index (χ3n) is 2.99. The molecule has 0 saturated heterocycles. The van der Waals surface area contributed by atoms with Crippen molar-refractivity contribution in [3.63, 3.8) is 0 Å². The predicted molar refractivity (Wildman–Crippen MR) is 54.2 cm³/mol. The molecule has 1 aliphatic heterocycles. The second-order valence-electron chi connectivity index (χ2n) is 4.26. The van der Waals surface area contributed by atoms with Crippen molar-refractivity contribution in [1.82, 2.24) is 4.90 Å².